The molecule has 122 valence electrons. The summed E-state index contributed by atoms with van der Waals surface area (Å²) in [5.74, 6) is -2.03. The van der Waals surface area contributed by atoms with Crippen LogP contribution in [0.4, 0.5) is 10.1 Å². The summed E-state index contributed by atoms with van der Waals surface area (Å²) in [5.41, 5.74) is -0.913. The van der Waals surface area contributed by atoms with Gasteiger partial charge in [0.1, 0.15) is 0 Å². The fraction of sp³-hybridized carbons (Fsp3) is 0.417. The Morgan fingerprint density at radius 3 is 2.59 bits per heavy atom. The molecule has 0 saturated carbocycles. The Balaban J connectivity index is 2.61. The third kappa shape index (κ3) is 5.37. The van der Waals surface area contributed by atoms with Crippen LogP contribution in [-0.4, -0.2) is 31.0 Å². The first-order valence-corrected chi connectivity index (χ1v) is 7.88. The molecule has 0 atom stereocenters. The highest BCUT2D eigenvalue weighted by molar-refractivity contribution is 7.89. The second kappa shape index (κ2) is 7.80. The number of unbranched alkanes of at least 4 members (excludes halogenated alkanes) is 2. The zero-order valence-corrected chi connectivity index (χ0v) is 12.3. The Morgan fingerprint density at radius 2 is 2.00 bits per heavy atom. The number of benzene rings is 1. The maximum absolute atomic E-state index is 13.2. The van der Waals surface area contributed by atoms with E-state index in [1.165, 1.54) is 0 Å². The number of carboxylic acids is 1. The highest BCUT2D eigenvalue weighted by Crippen LogP contribution is 2.21. The van der Waals surface area contributed by atoms with Crippen molar-refractivity contribution in [3.05, 3.63) is 34.1 Å². The van der Waals surface area contributed by atoms with Crippen molar-refractivity contribution in [1.82, 2.24) is 4.72 Å². The Morgan fingerprint density at radius 1 is 1.32 bits per heavy atom. The first kappa shape index (κ1) is 18.0. The lowest BCUT2D eigenvalue weighted by Crippen LogP contribution is -2.25. The van der Waals surface area contributed by atoms with Gasteiger partial charge in [-0.15, -0.1) is 0 Å². The summed E-state index contributed by atoms with van der Waals surface area (Å²) in [4.78, 5) is 19.5. The van der Waals surface area contributed by atoms with Crippen molar-refractivity contribution in [3.8, 4) is 0 Å². The molecule has 0 aliphatic carbocycles. The van der Waals surface area contributed by atoms with Gasteiger partial charge in [0.15, 0.2) is 0 Å². The van der Waals surface area contributed by atoms with Crippen molar-refractivity contribution < 1.29 is 27.6 Å². The average molecular weight is 334 g/mol. The highest BCUT2D eigenvalue weighted by Gasteiger charge is 2.21. The lowest BCUT2D eigenvalue weighted by atomic mass is 10.2. The molecule has 8 nitrogen and oxygen atoms in total. The van der Waals surface area contributed by atoms with Gasteiger partial charge in [-0.05, 0) is 25.0 Å². The summed E-state index contributed by atoms with van der Waals surface area (Å²) in [7, 11) is -3.97. The summed E-state index contributed by atoms with van der Waals surface area (Å²) >= 11 is 0. The molecule has 2 N–H and O–H groups in total. The number of carboxylic acid groups (broad SMARTS) is 1. The summed E-state index contributed by atoms with van der Waals surface area (Å²) in [5, 5.41) is 19.0. The van der Waals surface area contributed by atoms with E-state index in [1.807, 2.05) is 0 Å². The fourth-order valence-corrected chi connectivity index (χ4v) is 2.76. The fourth-order valence-electron chi connectivity index (χ4n) is 1.67. The zero-order chi connectivity index (χ0) is 16.8. The molecule has 0 unspecified atom stereocenters. The molecule has 0 saturated heterocycles. The van der Waals surface area contributed by atoms with Crippen molar-refractivity contribution >= 4 is 21.7 Å². The Bertz CT molecular complexity index is 662. The Kier molecular flexibility index (Phi) is 6.38. The van der Waals surface area contributed by atoms with Gasteiger partial charge in [0.05, 0.1) is 9.82 Å². The number of halogens is 1. The lowest BCUT2D eigenvalue weighted by molar-refractivity contribution is -0.387. The van der Waals surface area contributed by atoms with Gasteiger partial charge >= 0.3 is 11.7 Å². The molecule has 0 amide bonds. The van der Waals surface area contributed by atoms with Crippen molar-refractivity contribution in [1.29, 1.82) is 0 Å². The number of hydrogen-bond donors (Lipinski definition) is 2. The highest BCUT2D eigenvalue weighted by atomic mass is 32.2. The molecule has 22 heavy (non-hydrogen) atoms. The van der Waals surface area contributed by atoms with E-state index < -0.39 is 37.3 Å². The van der Waals surface area contributed by atoms with Crippen molar-refractivity contribution in [2.75, 3.05) is 6.54 Å². The summed E-state index contributed by atoms with van der Waals surface area (Å²) in [6.07, 6.45) is 1.39. The molecule has 0 aromatic heterocycles. The smallest absolute Gasteiger partial charge is 0.306 e. The quantitative estimate of drug-likeness (QED) is 0.402. The van der Waals surface area contributed by atoms with E-state index in [-0.39, 0.29) is 13.0 Å². The van der Waals surface area contributed by atoms with E-state index >= 15 is 0 Å². The molecular formula is C12H15FN2O6S. The van der Waals surface area contributed by atoms with Gasteiger partial charge in [0, 0.05) is 19.0 Å². The minimum atomic E-state index is -3.97. The van der Waals surface area contributed by atoms with Crippen molar-refractivity contribution in [2.45, 2.75) is 30.6 Å². The van der Waals surface area contributed by atoms with Gasteiger partial charge in [-0.2, -0.15) is 4.39 Å². The monoisotopic (exact) mass is 334 g/mol. The molecule has 1 aromatic carbocycles. The molecule has 0 radical (unpaired) electrons. The van der Waals surface area contributed by atoms with E-state index in [0.717, 1.165) is 12.1 Å². The van der Waals surface area contributed by atoms with E-state index in [1.54, 1.807) is 0 Å². The van der Waals surface area contributed by atoms with Gasteiger partial charge < -0.3 is 5.11 Å². The molecule has 10 heteroatoms. The van der Waals surface area contributed by atoms with Crippen LogP contribution in [0.3, 0.4) is 0 Å². The van der Waals surface area contributed by atoms with E-state index in [4.69, 9.17) is 5.11 Å². The second-order valence-electron chi connectivity index (χ2n) is 4.47. The summed E-state index contributed by atoms with van der Waals surface area (Å²) < 4.78 is 39.2. The predicted molar refractivity (Wildman–Crippen MR) is 74.3 cm³/mol. The standard InChI is InChI=1S/C12H15FN2O6S/c13-10-6-5-9(8-11(10)15(18)19)22(20,21)14-7-3-1-2-4-12(16)17/h5-6,8,14H,1-4,7H2,(H,16,17). The number of aliphatic carboxylic acids is 1. The topological polar surface area (TPSA) is 127 Å². The van der Waals surface area contributed by atoms with Crippen LogP contribution in [0.2, 0.25) is 0 Å². The molecular weight excluding hydrogens is 319 g/mol. The molecule has 0 heterocycles. The third-order valence-electron chi connectivity index (χ3n) is 2.78. The number of nitro benzene ring substituents is 1. The molecule has 0 fully saturated rings. The van der Waals surface area contributed by atoms with E-state index in [2.05, 4.69) is 4.72 Å². The first-order chi connectivity index (χ1) is 10.2. The molecule has 1 rings (SSSR count). The maximum atomic E-state index is 13.2. The van der Waals surface area contributed by atoms with Crippen LogP contribution in [-0.2, 0) is 14.8 Å². The Hall–Kier alpha value is -2.07. The second-order valence-corrected chi connectivity index (χ2v) is 6.24. The van der Waals surface area contributed by atoms with Crippen LogP contribution in [0.25, 0.3) is 0 Å². The van der Waals surface area contributed by atoms with Crippen LogP contribution in [0, 0.1) is 15.9 Å². The third-order valence-corrected chi connectivity index (χ3v) is 4.24. The molecule has 0 aliphatic rings. The number of nitrogens with zero attached hydrogens (tertiary/aromatic N) is 1. The van der Waals surface area contributed by atoms with Gasteiger partial charge in [-0.25, -0.2) is 13.1 Å². The average Bonchev–Trinajstić information content (AvgIpc) is 2.42. The zero-order valence-electron chi connectivity index (χ0n) is 11.5. The van der Waals surface area contributed by atoms with E-state index in [9.17, 15) is 27.7 Å². The minimum absolute atomic E-state index is 0.0108. The van der Waals surface area contributed by atoms with Gasteiger partial charge in [0.2, 0.25) is 15.8 Å². The number of nitro groups is 1. The molecule has 1 aromatic rings. The number of rotatable bonds is 9. The predicted octanol–water partition coefficient (Wildman–Crippen LogP) is 1.66. The lowest BCUT2D eigenvalue weighted by Gasteiger charge is -2.06. The first-order valence-electron chi connectivity index (χ1n) is 6.39. The van der Waals surface area contributed by atoms with Crippen molar-refractivity contribution in [3.63, 3.8) is 0 Å². The van der Waals surface area contributed by atoms with Crippen molar-refractivity contribution in [2.24, 2.45) is 0 Å². The van der Waals surface area contributed by atoms with E-state index in [0.29, 0.717) is 25.3 Å². The van der Waals surface area contributed by atoms with Crippen LogP contribution < -0.4 is 4.72 Å². The molecule has 0 aliphatic heterocycles. The summed E-state index contributed by atoms with van der Waals surface area (Å²) in [6.45, 7) is 0.0626. The SMILES string of the molecule is O=C(O)CCCCCNS(=O)(=O)c1ccc(F)c([N+](=O)[O-])c1. The summed E-state index contributed by atoms with van der Waals surface area (Å²) in [6, 6.07) is 2.32. The van der Waals surface area contributed by atoms with Crippen LogP contribution >= 0.6 is 0 Å². The van der Waals surface area contributed by atoms with Crippen LogP contribution in [0.15, 0.2) is 23.1 Å². The number of hydrogen-bond acceptors (Lipinski definition) is 5. The number of nitrogens with one attached hydrogen (secondary N) is 1. The van der Waals surface area contributed by atoms with Crippen LogP contribution in [0.1, 0.15) is 25.7 Å². The number of sulfonamides is 1. The normalized spacial score (nSPS) is 11.3. The molecule has 0 bridgehead atoms. The maximum Gasteiger partial charge on any atom is 0.306 e. The molecule has 0 spiro atoms. The Labute approximate surface area is 126 Å². The largest absolute Gasteiger partial charge is 0.481 e. The van der Waals surface area contributed by atoms with Crippen LogP contribution in [0.5, 0.6) is 0 Å². The minimum Gasteiger partial charge on any atom is -0.481 e. The van der Waals surface area contributed by atoms with Gasteiger partial charge in [-0.1, -0.05) is 6.42 Å². The van der Waals surface area contributed by atoms with Gasteiger partial charge in [-0.3, -0.25) is 14.9 Å². The van der Waals surface area contributed by atoms with Gasteiger partial charge in [0.25, 0.3) is 0 Å². The number of carbonyl (C=O) groups is 1.